The average Bonchev–Trinajstić information content (AvgIpc) is 2.65. The first-order valence-electron chi connectivity index (χ1n) is 6.67. The number of nitrogens with zero attached hydrogens (tertiary/aromatic N) is 3. The van der Waals surface area contributed by atoms with Crippen molar-refractivity contribution in [3.05, 3.63) is 18.0 Å². The molecule has 1 aromatic heterocycles. The molecule has 1 aliphatic heterocycles. The van der Waals surface area contributed by atoms with Crippen LogP contribution in [0.5, 0.6) is 0 Å². The van der Waals surface area contributed by atoms with Gasteiger partial charge in [0, 0.05) is 31.9 Å². The highest BCUT2D eigenvalue weighted by Gasteiger charge is 2.25. The van der Waals surface area contributed by atoms with E-state index in [2.05, 4.69) is 10.4 Å². The fourth-order valence-corrected chi connectivity index (χ4v) is 2.50. The quantitative estimate of drug-likeness (QED) is 0.916. The second-order valence-corrected chi connectivity index (χ2v) is 4.91. The van der Waals surface area contributed by atoms with E-state index in [9.17, 15) is 4.79 Å². The van der Waals surface area contributed by atoms with Crippen LogP contribution in [0.25, 0.3) is 0 Å². The zero-order chi connectivity index (χ0) is 13.0. The van der Waals surface area contributed by atoms with Gasteiger partial charge < -0.3 is 10.2 Å². The summed E-state index contributed by atoms with van der Waals surface area (Å²) in [5, 5.41) is 7.24. The molecule has 0 spiro atoms. The molecule has 19 heavy (non-hydrogen) atoms. The van der Waals surface area contributed by atoms with Gasteiger partial charge in [-0.3, -0.25) is 9.48 Å². The van der Waals surface area contributed by atoms with Crippen LogP contribution in [0.1, 0.15) is 37.3 Å². The van der Waals surface area contributed by atoms with Crippen molar-refractivity contribution in [3.63, 3.8) is 0 Å². The molecular weight excluding hydrogens is 264 g/mol. The third-order valence-corrected chi connectivity index (χ3v) is 3.51. The van der Waals surface area contributed by atoms with E-state index in [0.29, 0.717) is 0 Å². The van der Waals surface area contributed by atoms with Crippen LogP contribution >= 0.6 is 12.4 Å². The van der Waals surface area contributed by atoms with E-state index >= 15 is 0 Å². The Balaban J connectivity index is 0.00000180. The molecule has 5 nitrogen and oxygen atoms in total. The number of likely N-dealkylation sites (N-methyl/N-ethyl adjacent to an activating group) is 1. The van der Waals surface area contributed by atoms with Crippen LogP contribution in [-0.4, -0.2) is 40.7 Å². The van der Waals surface area contributed by atoms with Crippen LogP contribution in [0, 0.1) is 0 Å². The fraction of sp³-hybridized carbons (Fsp3) is 0.692. The highest BCUT2D eigenvalue weighted by molar-refractivity contribution is 5.85. The molecule has 1 aliphatic rings. The van der Waals surface area contributed by atoms with Crippen molar-refractivity contribution < 1.29 is 4.79 Å². The molecule has 0 saturated carbocycles. The van der Waals surface area contributed by atoms with Gasteiger partial charge in [-0.25, -0.2) is 0 Å². The van der Waals surface area contributed by atoms with Gasteiger partial charge in [0.15, 0.2) is 0 Å². The molecule has 0 aromatic carbocycles. The molecule has 1 unspecified atom stereocenters. The molecular formula is C13H23ClN4O. The van der Waals surface area contributed by atoms with Crippen LogP contribution in [0.2, 0.25) is 0 Å². The number of halogens is 1. The van der Waals surface area contributed by atoms with Gasteiger partial charge in [0.1, 0.15) is 6.04 Å². The number of aromatic nitrogens is 2. The third kappa shape index (κ3) is 3.94. The number of carbonyl (C=O) groups excluding carboxylic acids is 1. The van der Waals surface area contributed by atoms with Crippen molar-refractivity contribution in [2.45, 2.75) is 31.7 Å². The number of carbonyl (C=O) groups is 1. The van der Waals surface area contributed by atoms with Gasteiger partial charge in [0.25, 0.3) is 0 Å². The monoisotopic (exact) mass is 286 g/mol. The predicted octanol–water partition coefficient (Wildman–Crippen LogP) is 1.50. The molecule has 2 rings (SSSR count). The normalized spacial score (nSPS) is 17.5. The standard InChI is InChI=1S/C13H22N4O.ClH/c1-14-12(11-9-15-16(2)10-11)13(18)17-7-5-3-4-6-8-17;/h9-10,12,14H,3-8H2,1-2H3;1H. The lowest BCUT2D eigenvalue weighted by Gasteiger charge is -2.25. The lowest BCUT2D eigenvalue weighted by Crippen LogP contribution is -2.40. The highest BCUT2D eigenvalue weighted by atomic mass is 35.5. The Kier molecular flexibility index (Phi) is 6.31. The summed E-state index contributed by atoms with van der Waals surface area (Å²) < 4.78 is 1.73. The summed E-state index contributed by atoms with van der Waals surface area (Å²) in [6.45, 7) is 1.77. The highest BCUT2D eigenvalue weighted by Crippen LogP contribution is 2.18. The Morgan fingerprint density at radius 2 is 1.95 bits per heavy atom. The van der Waals surface area contributed by atoms with E-state index in [-0.39, 0.29) is 24.4 Å². The van der Waals surface area contributed by atoms with Crippen LogP contribution in [0.15, 0.2) is 12.4 Å². The molecule has 1 amide bonds. The smallest absolute Gasteiger partial charge is 0.244 e. The van der Waals surface area contributed by atoms with Crippen molar-refractivity contribution in [1.29, 1.82) is 0 Å². The summed E-state index contributed by atoms with van der Waals surface area (Å²) in [5.74, 6) is 0.174. The predicted molar refractivity (Wildman–Crippen MR) is 77.3 cm³/mol. The van der Waals surface area contributed by atoms with E-state index in [0.717, 1.165) is 31.5 Å². The molecule has 1 aromatic rings. The van der Waals surface area contributed by atoms with Crippen LogP contribution in [-0.2, 0) is 11.8 Å². The molecule has 1 fully saturated rings. The summed E-state index contributed by atoms with van der Waals surface area (Å²) in [7, 11) is 3.69. The molecule has 6 heteroatoms. The Hall–Kier alpha value is -1.07. The molecule has 2 heterocycles. The largest absolute Gasteiger partial charge is 0.341 e. The lowest BCUT2D eigenvalue weighted by atomic mass is 10.1. The summed E-state index contributed by atoms with van der Waals surface area (Å²) in [5.41, 5.74) is 0.939. The van der Waals surface area contributed by atoms with E-state index in [4.69, 9.17) is 0 Å². The number of likely N-dealkylation sites (tertiary alicyclic amines) is 1. The SMILES string of the molecule is CNC(C(=O)N1CCCCCC1)c1cnn(C)c1.Cl. The van der Waals surface area contributed by atoms with Crippen molar-refractivity contribution in [2.75, 3.05) is 20.1 Å². The number of hydrogen-bond acceptors (Lipinski definition) is 3. The average molecular weight is 287 g/mol. The minimum Gasteiger partial charge on any atom is -0.341 e. The molecule has 0 radical (unpaired) electrons. The van der Waals surface area contributed by atoms with E-state index in [1.165, 1.54) is 12.8 Å². The second kappa shape index (κ2) is 7.50. The van der Waals surface area contributed by atoms with Gasteiger partial charge >= 0.3 is 0 Å². The van der Waals surface area contributed by atoms with Crippen molar-refractivity contribution in [3.8, 4) is 0 Å². The second-order valence-electron chi connectivity index (χ2n) is 4.91. The first-order chi connectivity index (χ1) is 8.72. The van der Waals surface area contributed by atoms with Crippen LogP contribution in [0.3, 0.4) is 0 Å². The van der Waals surface area contributed by atoms with Gasteiger partial charge in [-0.05, 0) is 19.9 Å². The molecule has 108 valence electrons. The first-order valence-corrected chi connectivity index (χ1v) is 6.67. The number of amides is 1. The van der Waals surface area contributed by atoms with Crippen LogP contribution < -0.4 is 5.32 Å². The Morgan fingerprint density at radius 3 is 2.42 bits per heavy atom. The lowest BCUT2D eigenvalue weighted by molar-refractivity contribution is -0.133. The Labute approximate surface area is 120 Å². The molecule has 0 aliphatic carbocycles. The van der Waals surface area contributed by atoms with Gasteiger partial charge in [-0.1, -0.05) is 12.8 Å². The van der Waals surface area contributed by atoms with Gasteiger partial charge in [-0.15, -0.1) is 12.4 Å². The molecule has 1 atom stereocenters. The zero-order valence-corrected chi connectivity index (χ0v) is 12.4. The van der Waals surface area contributed by atoms with Gasteiger partial charge in [-0.2, -0.15) is 5.10 Å². The fourth-order valence-electron chi connectivity index (χ4n) is 2.50. The van der Waals surface area contributed by atoms with Gasteiger partial charge in [0.05, 0.1) is 6.20 Å². The van der Waals surface area contributed by atoms with E-state index in [1.807, 2.05) is 25.2 Å². The summed E-state index contributed by atoms with van der Waals surface area (Å²) >= 11 is 0. The van der Waals surface area contributed by atoms with Crippen molar-refractivity contribution >= 4 is 18.3 Å². The number of rotatable bonds is 3. The van der Waals surface area contributed by atoms with Crippen molar-refractivity contribution in [2.24, 2.45) is 7.05 Å². The zero-order valence-electron chi connectivity index (χ0n) is 11.6. The molecule has 0 bridgehead atoms. The van der Waals surface area contributed by atoms with E-state index < -0.39 is 0 Å². The first kappa shape index (κ1) is 16.0. The maximum absolute atomic E-state index is 12.5. The Morgan fingerprint density at radius 1 is 1.32 bits per heavy atom. The molecule has 1 saturated heterocycles. The summed E-state index contributed by atoms with van der Waals surface area (Å²) in [4.78, 5) is 14.5. The molecule has 1 N–H and O–H groups in total. The van der Waals surface area contributed by atoms with E-state index in [1.54, 1.807) is 10.9 Å². The number of hydrogen-bond donors (Lipinski definition) is 1. The maximum atomic E-state index is 12.5. The summed E-state index contributed by atoms with van der Waals surface area (Å²) in [6.07, 6.45) is 8.37. The van der Waals surface area contributed by atoms with Crippen LogP contribution in [0.4, 0.5) is 0 Å². The Bertz CT molecular complexity index is 399. The van der Waals surface area contributed by atoms with Crippen molar-refractivity contribution in [1.82, 2.24) is 20.0 Å². The third-order valence-electron chi connectivity index (χ3n) is 3.51. The summed E-state index contributed by atoms with van der Waals surface area (Å²) in [6, 6.07) is -0.267. The minimum atomic E-state index is -0.267. The number of nitrogens with one attached hydrogen (secondary N) is 1. The maximum Gasteiger partial charge on any atom is 0.244 e. The minimum absolute atomic E-state index is 0. The van der Waals surface area contributed by atoms with Gasteiger partial charge in [0.2, 0.25) is 5.91 Å². The number of aryl methyl sites for hydroxylation is 1. The topological polar surface area (TPSA) is 50.2 Å².